The van der Waals surface area contributed by atoms with Gasteiger partial charge in [0.05, 0.1) is 19.3 Å². The lowest BCUT2D eigenvalue weighted by Gasteiger charge is -2.10. The van der Waals surface area contributed by atoms with Crippen LogP contribution in [0.3, 0.4) is 0 Å². The number of nitriles is 1. The van der Waals surface area contributed by atoms with Crippen LogP contribution >= 0.6 is 45.2 Å². The Morgan fingerprint density at radius 1 is 1.22 bits per heavy atom. The molecule has 6 nitrogen and oxygen atoms in total. The molecule has 2 aromatic carbocycles. The summed E-state index contributed by atoms with van der Waals surface area (Å²) in [7, 11) is 0. The number of anilines is 1. The van der Waals surface area contributed by atoms with Crippen LogP contribution in [0, 0.1) is 18.5 Å². The molecule has 2 N–H and O–H groups in total. The Labute approximate surface area is 183 Å². The Balaban J connectivity index is 2.24. The van der Waals surface area contributed by atoms with E-state index in [2.05, 4.69) is 50.5 Å². The van der Waals surface area contributed by atoms with Gasteiger partial charge in [-0.05, 0) is 100 Å². The van der Waals surface area contributed by atoms with Crippen LogP contribution in [0.5, 0.6) is 5.75 Å². The predicted molar refractivity (Wildman–Crippen MR) is 119 cm³/mol. The lowest BCUT2D eigenvalue weighted by atomic mass is 10.1. The van der Waals surface area contributed by atoms with Crippen molar-refractivity contribution in [1.29, 1.82) is 5.26 Å². The number of rotatable bonds is 6. The maximum atomic E-state index is 12.4. The van der Waals surface area contributed by atoms with E-state index in [1.54, 1.807) is 0 Å². The number of ether oxygens (including phenoxy) is 1. The number of carboxylic acid groups (broad SMARTS) is 1. The number of nitrogens with one attached hydrogen (secondary N) is 1. The Bertz CT molecular complexity index is 924. The van der Waals surface area contributed by atoms with Crippen LogP contribution in [0.4, 0.5) is 5.69 Å². The monoisotopic (exact) mass is 588 g/mol. The van der Waals surface area contributed by atoms with Gasteiger partial charge in [-0.15, -0.1) is 0 Å². The highest BCUT2D eigenvalue weighted by atomic mass is 127. The van der Waals surface area contributed by atoms with E-state index >= 15 is 0 Å². The summed E-state index contributed by atoms with van der Waals surface area (Å²) in [6.07, 6.45) is 1.50. The van der Waals surface area contributed by atoms with Crippen LogP contribution < -0.4 is 10.1 Å². The summed E-state index contributed by atoms with van der Waals surface area (Å²) < 4.78 is 7.35. The Morgan fingerprint density at radius 3 is 2.30 bits per heavy atom. The van der Waals surface area contributed by atoms with Gasteiger partial charge in [-0.1, -0.05) is 0 Å². The number of aromatic carboxylic acids is 1. The molecule has 0 spiro atoms. The Hall–Kier alpha value is -2.13. The van der Waals surface area contributed by atoms with Crippen LogP contribution in [-0.2, 0) is 4.79 Å². The van der Waals surface area contributed by atoms with Crippen LogP contribution in [0.1, 0.15) is 22.8 Å². The number of carbonyl (C=O) groups excluding carboxylic acids is 1. The van der Waals surface area contributed by atoms with Crippen LogP contribution in [0.15, 0.2) is 42.0 Å². The SMILES string of the molecule is CCOc1c(I)cc(/C=C(\C#N)C(=O)Nc2ccc(C(=O)O)cc2)cc1I. The third-order valence-electron chi connectivity index (χ3n) is 3.38. The molecule has 8 heteroatoms. The van der Waals surface area contributed by atoms with Gasteiger partial charge in [0.15, 0.2) is 0 Å². The fourth-order valence-electron chi connectivity index (χ4n) is 2.15. The molecular formula is C19H14I2N2O4. The molecule has 0 aliphatic carbocycles. The van der Waals surface area contributed by atoms with Gasteiger partial charge in [-0.25, -0.2) is 4.79 Å². The highest BCUT2D eigenvalue weighted by molar-refractivity contribution is 14.1. The normalized spacial score (nSPS) is 10.8. The van der Waals surface area contributed by atoms with Gasteiger partial charge in [0.25, 0.3) is 5.91 Å². The molecule has 0 bridgehead atoms. The van der Waals surface area contributed by atoms with E-state index in [-0.39, 0.29) is 11.1 Å². The van der Waals surface area contributed by atoms with E-state index in [9.17, 15) is 14.9 Å². The standard InChI is InChI=1S/C19H14I2N2O4/c1-2-27-17-15(20)8-11(9-16(17)21)7-13(10-22)18(24)23-14-5-3-12(4-6-14)19(25)26/h3-9H,2H2,1H3,(H,23,24)(H,25,26)/b13-7+. The molecule has 27 heavy (non-hydrogen) atoms. The molecule has 0 aliphatic rings. The average Bonchev–Trinajstić information content (AvgIpc) is 2.63. The second kappa shape index (κ2) is 9.70. The molecule has 1 amide bonds. The third-order valence-corrected chi connectivity index (χ3v) is 4.98. The number of carboxylic acids is 1. The largest absolute Gasteiger partial charge is 0.492 e. The molecule has 0 heterocycles. The summed E-state index contributed by atoms with van der Waals surface area (Å²) in [6.45, 7) is 2.45. The average molecular weight is 588 g/mol. The van der Waals surface area contributed by atoms with Gasteiger partial charge in [-0.3, -0.25) is 4.79 Å². The molecule has 2 aromatic rings. The van der Waals surface area contributed by atoms with Crippen molar-refractivity contribution in [3.63, 3.8) is 0 Å². The zero-order valence-corrected chi connectivity index (χ0v) is 18.4. The number of carbonyl (C=O) groups is 2. The number of amides is 1. The fraction of sp³-hybridized carbons (Fsp3) is 0.105. The predicted octanol–water partition coefficient (Wildman–Crippen LogP) is 4.54. The molecule has 0 atom stereocenters. The van der Waals surface area contributed by atoms with Crippen LogP contribution in [-0.4, -0.2) is 23.6 Å². The first-order valence-corrected chi connectivity index (χ1v) is 9.89. The molecule has 0 aromatic heterocycles. The minimum atomic E-state index is -1.05. The number of hydrogen-bond donors (Lipinski definition) is 2. The van der Waals surface area contributed by atoms with Crippen molar-refractivity contribution in [2.24, 2.45) is 0 Å². The van der Waals surface area contributed by atoms with Gasteiger partial charge >= 0.3 is 5.97 Å². The summed E-state index contributed by atoms with van der Waals surface area (Å²) in [4.78, 5) is 23.2. The van der Waals surface area contributed by atoms with Crippen LogP contribution in [0.2, 0.25) is 0 Å². The van der Waals surface area contributed by atoms with E-state index in [0.29, 0.717) is 17.9 Å². The van der Waals surface area contributed by atoms with Crippen molar-refractivity contribution in [2.75, 3.05) is 11.9 Å². The maximum Gasteiger partial charge on any atom is 0.335 e. The zero-order valence-electron chi connectivity index (χ0n) is 14.1. The molecule has 0 fully saturated rings. The van der Waals surface area contributed by atoms with E-state index in [1.807, 2.05) is 25.1 Å². The Morgan fingerprint density at radius 2 is 1.81 bits per heavy atom. The van der Waals surface area contributed by atoms with Crippen molar-refractivity contribution in [2.45, 2.75) is 6.92 Å². The number of nitrogens with zero attached hydrogens (tertiary/aromatic N) is 1. The molecule has 0 saturated carbocycles. The lowest BCUT2D eigenvalue weighted by Crippen LogP contribution is -2.13. The minimum absolute atomic E-state index is 0.0620. The fourth-order valence-corrected chi connectivity index (χ4v) is 4.28. The minimum Gasteiger partial charge on any atom is -0.492 e. The van der Waals surface area contributed by atoms with Crippen molar-refractivity contribution >= 4 is 68.8 Å². The van der Waals surface area contributed by atoms with Crippen LogP contribution in [0.25, 0.3) is 6.08 Å². The second-order valence-electron chi connectivity index (χ2n) is 5.25. The molecule has 0 unspecified atom stereocenters. The summed E-state index contributed by atoms with van der Waals surface area (Å²) in [5, 5.41) is 20.8. The van der Waals surface area contributed by atoms with Crippen molar-refractivity contribution in [3.8, 4) is 11.8 Å². The smallest absolute Gasteiger partial charge is 0.335 e. The van der Waals surface area contributed by atoms with Gasteiger partial charge in [0.1, 0.15) is 17.4 Å². The van der Waals surface area contributed by atoms with Gasteiger partial charge in [0.2, 0.25) is 0 Å². The first-order valence-electron chi connectivity index (χ1n) is 7.74. The highest BCUT2D eigenvalue weighted by Gasteiger charge is 2.13. The quantitative estimate of drug-likeness (QED) is 0.294. The summed E-state index contributed by atoms with van der Waals surface area (Å²) in [5.41, 5.74) is 1.16. The number of halogens is 2. The zero-order chi connectivity index (χ0) is 20.0. The van der Waals surface area contributed by atoms with E-state index in [4.69, 9.17) is 9.84 Å². The molecule has 0 saturated heterocycles. The van der Waals surface area contributed by atoms with Crippen molar-refractivity contribution in [3.05, 3.63) is 60.2 Å². The summed E-state index contributed by atoms with van der Waals surface area (Å²) in [6, 6.07) is 11.3. The van der Waals surface area contributed by atoms with Gasteiger partial charge in [-0.2, -0.15) is 5.26 Å². The molecule has 0 aliphatic heterocycles. The first-order chi connectivity index (χ1) is 12.8. The van der Waals surface area contributed by atoms with E-state index in [1.165, 1.54) is 30.3 Å². The molecule has 0 radical (unpaired) electrons. The number of hydrogen-bond acceptors (Lipinski definition) is 4. The Kier molecular flexibility index (Phi) is 7.61. The third kappa shape index (κ3) is 5.67. The molecule has 138 valence electrons. The second-order valence-corrected chi connectivity index (χ2v) is 7.58. The highest BCUT2D eigenvalue weighted by Crippen LogP contribution is 2.29. The van der Waals surface area contributed by atoms with Crippen molar-refractivity contribution in [1.82, 2.24) is 0 Å². The van der Waals surface area contributed by atoms with E-state index in [0.717, 1.165) is 12.9 Å². The topological polar surface area (TPSA) is 99.4 Å². The van der Waals surface area contributed by atoms with E-state index < -0.39 is 11.9 Å². The molecule has 2 rings (SSSR count). The first kappa shape index (κ1) is 21.2. The number of benzene rings is 2. The molecular weight excluding hydrogens is 574 g/mol. The van der Waals surface area contributed by atoms with Gasteiger partial charge in [0, 0.05) is 5.69 Å². The lowest BCUT2D eigenvalue weighted by molar-refractivity contribution is -0.112. The van der Waals surface area contributed by atoms with Gasteiger partial charge < -0.3 is 15.2 Å². The van der Waals surface area contributed by atoms with Crippen molar-refractivity contribution < 1.29 is 19.4 Å². The summed E-state index contributed by atoms with van der Waals surface area (Å²) >= 11 is 4.30. The summed E-state index contributed by atoms with van der Waals surface area (Å²) in [5.74, 6) is -0.845. The maximum absolute atomic E-state index is 12.4.